The molecule has 1 aromatic rings. The average molecular weight is 221 g/mol. The van der Waals surface area contributed by atoms with Crippen LogP contribution in [0.15, 0.2) is 18.2 Å². The molecule has 0 amide bonds. The maximum atomic E-state index is 12.7. The number of nitrogen functional groups attached to an aromatic ring is 1. The highest BCUT2D eigenvalue weighted by Gasteiger charge is 2.37. The summed E-state index contributed by atoms with van der Waals surface area (Å²) < 4.78 is 48.3. The van der Waals surface area contributed by atoms with Crippen molar-refractivity contribution in [3.05, 3.63) is 29.6 Å². The molecule has 0 heterocycles. The highest BCUT2D eigenvalue weighted by atomic mass is 19.4. The van der Waals surface area contributed by atoms with Gasteiger partial charge in [0.05, 0.1) is 0 Å². The summed E-state index contributed by atoms with van der Waals surface area (Å²) in [7, 11) is 0. The maximum absolute atomic E-state index is 12.7. The monoisotopic (exact) mass is 221 g/mol. The van der Waals surface area contributed by atoms with Crippen LogP contribution >= 0.6 is 0 Å². The van der Waals surface area contributed by atoms with E-state index in [-0.39, 0.29) is 11.3 Å². The molecule has 2 nitrogen and oxygen atoms in total. The number of anilines is 1. The third kappa shape index (κ3) is 3.23. The van der Waals surface area contributed by atoms with Crippen LogP contribution in [-0.2, 0) is 11.2 Å². The van der Waals surface area contributed by atoms with Crippen LogP contribution in [0.4, 0.5) is 23.2 Å². The fraction of sp³-hybridized carbons (Fsp3) is 0.222. The Morgan fingerprint density at radius 3 is 2.33 bits per heavy atom. The minimum atomic E-state index is -4.90. The molecular formula is C9H7F4NO. The van der Waals surface area contributed by atoms with Crippen molar-refractivity contribution in [1.82, 2.24) is 0 Å². The number of alkyl halides is 3. The predicted molar refractivity (Wildman–Crippen MR) is 45.6 cm³/mol. The summed E-state index contributed by atoms with van der Waals surface area (Å²) in [6.45, 7) is 0. The lowest BCUT2D eigenvalue weighted by Gasteiger charge is -2.05. The molecule has 0 atom stereocenters. The number of nitrogens with two attached hydrogens (primary N) is 1. The van der Waals surface area contributed by atoms with Crippen molar-refractivity contribution in [1.29, 1.82) is 0 Å². The van der Waals surface area contributed by atoms with Crippen LogP contribution in [0.2, 0.25) is 0 Å². The Kier molecular flexibility index (Phi) is 2.97. The Balaban J connectivity index is 2.86. The second kappa shape index (κ2) is 3.88. The molecule has 0 saturated heterocycles. The molecule has 0 spiro atoms. The Hall–Kier alpha value is -1.59. The summed E-state index contributed by atoms with van der Waals surface area (Å²) in [6, 6.07) is 2.94. The van der Waals surface area contributed by atoms with Gasteiger partial charge >= 0.3 is 6.18 Å². The van der Waals surface area contributed by atoms with Gasteiger partial charge < -0.3 is 5.73 Å². The summed E-state index contributed by atoms with van der Waals surface area (Å²) in [5, 5.41) is 0. The number of Topliss-reactive ketones (excluding diaryl/α,β-unsaturated/α-hetero) is 1. The van der Waals surface area contributed by atoms with E-state index in [2.05, 4.69) is 0 Å². The van der Waals surface area contributed by atoms with Gasteiger partial charge in [0, 0.05) is 12.1 Å². The van der Waals surface area contributed by atoms with Gasteiger partial charge in [-0.15, -0.1) is 0 Å². The van der Waals surface area contributed by atoms with E-state index in [1.54, 1.807) is 0 Å². The molecule has 0 fully saturated rings. The van der Waals surface area contributed by atoms with Crippen LogP contribution in [-0.4, -0.2) is 12.0 Å². The zero-order chi connectivity index (χ0) is 11.6. The number of carbonyl (C=O) groups is 1. The molecule has 0 aliphatic carbocycles. The number of hydrogen-bond acceptors (Lipinski definition) is 2. The Bertz CT molecular complexity index is 366. The van der Waals surface area contributed by atoms with E-state index in [4.69, 9.17) is 5.73 Å². The summed E-state index contributed by atoms with van der Waals surface area (Å²) in [5.74, 6) is -2.69. The first-order valence-electron chi connectivity index (χ1n) is 3.94. The lowest BCUT2D eigenvalue weighted by atomic mass is 10.1. The van der Waals surface area contributed by atoms with Gasteiger partial charge in [-0.05, 0) is 23.8 Å². The van der Waals surface area contributed by atoms with E-state index >= 15 is 0 Å². The van der Waals surface area contributed by atoms with Crippen LogP contribution in [0, 0.1) is 5.82 Å². The number of halogens is 4. The van der Waals surface area contributed by atoms with Gasteiger partial charge in [0.25, 0.3) is 0 Å². The van der Waals surface area contributed by atoms with E-state index in [0.717, 1.165) is 18.2 Å². The standard InChI is InChI=1S/C9H7F4NO/c10-6-1-5(2-7(14)4-6)3-8(15)9(11,12)13/h1-2,4H,3,14H2. The van der Waals surface area contributed by atoms with Crippen molar-refractivity contribution >= 4 is 11.5 Å². The Morgan fingerprint density at radius 1 is 1.27 bits per heavy atom. The molecule has 0 saturated carbocycles. The summed E-state index contributed by atoms with van der Waals surface area (Å²) >= 11 is 0. The highest BCUT2D eigenvalue weighted by Crippen LogP contribution is 2.20. The normalized spacial score (nSPS) is 11.5. The first-order valence-corrected chi connectivity index (χ1v) is 3.94. The van der Waals surface area contributed by atoms with E-state index in [9.17, 15) is 22.4 Å². The van der Waals surface area contributed by atoms with Crippen LogP contribution in [0.3, 0.4) is 0 Å². The topological polar surface area (TPSA) is 43.1 Å². The zero-order valence-corrected chi connectivity index (χ0v) is 7.44. The minimum absolute atomic E-state index is 0.0139. The molecule has 0 aliphatic rings. The molecule has 0 unspecified atom stereocenters. The SMILES string of the molecule is Nc1cc(F)cc(CC(=O)C(F)(F)F)c1. The number of ketones is 1. The van der Waals surface area contributed by atoms with Crippen molar-refractivity contribution in [2.24, 2.45) is 0 Å². The lowest BCUT2D eigenvalue weighted by Crippen LogP contribution is -2.24. The smallest absolute Gasteiger partial charge is 0.399 e. The second-order valence-electron chi connectivity index (χ2n) is 2.99. The molecule has 0 radical (unpaired) electrons. The molecule has 1 rings (SSSR count). The molecule has 0 bridgehead atoms. The summed E-state index contributed by atoms with van der Waals surface area (Å²) in [5.41, 5.74) is 5.11. The highest BCUT2D eigenvalue weighted by molar-refractivity contribution is 5.86. The maximum Gasteiger partial charge on any atom is 0.450 e. The van der Waals surface area contributed by atoms with E-state index in [1.807, 2.05) is 0 Å². The molecule has 15 heavy (non-hydrogen) atoms. The molecular weight excluding hydrogens is 214 g/mol. The van der Waals surface area contributed by atoms with Gasteiger partial charge in [-0.1, -0.05) is 0 Å². The lowest BCUT2D eigenvalue weighted by molar-refractivity contribution is -0.170. The fourth-order valence-electron chi connectivity index (χ4n) is 1.06. The number of carbonyl (C=O) groups excluding carboxylic acids is 1. The van der Waals surface area contributed by atoms with Gasteiger partial charge in [0.2, 0.25) is 5.78 Å². The van der Waals surface area contributed by atoms with Crippen molar-refractivity contribution in [3.8, 4) is 0 Å². The summed E-state index contributed by atoms with van der Waals surface area (Å²) in [4.78, 5) is 10.6. The Morgan fingerprint density at radius 2 is 1.87 bits per heavy atom. The van der Waals surface area contributed by atoms with Gasteiger partial charge in [0.15, 0.2) is 0 Å². The third-order valence-electron chi connectivity index (χ3n) is 1.66. The van der Waals surface area contributed by atoms with Gasteiger partial charge in [-0.2, -0.15) is 13.2 Å². The molecule has 6 heteroatoms. The minimum Gasteiger partial charge on any atom is -0.399 e. The third-order valence-corrected chi connectivity index (χ3v) is 1.66. The van der Waals surface area contributed by atoms with Crippen LogP contribution < -0.4 is 5.73 Å². The van der Waals surface area contributed by atoms with Crippen LogP contribution in [0.5, 0.6) is 0 Å². The van der Waals surface area contributed by atoms with Gasteiger partial charge in [-0.3, -0.25) is 4.79 Å². The van der Waals surface area contributed by atoms with Crippen LogP contribution in [0.25, 0.3) is 0 Å². The van der Waals surface area contributed by atoms with Gasteiger partial charge in [0.1, 0.15) is 5.82 Å². The van der Waals surface area contributed by atoms with Crippen molar-refractivity contribution in [2.75, 3.05) is 5.73 Å². The molecule has 2 N–H and O–H groups in total. The van der Waals surface area contributed by atoms with E-state index in [0.29, 0.717) is 0 Å². The van der Waals surface area contributed by atoms with E-state index in [1.165, 1.54) is 0 Å². The summed E-state index contributed by atoms with van der Waals surface area (Å²) in [6.07, 6.45) is -5.80. The molecule has 0 aromatic heterocycles. The zero-order valence-electron chi connectivity index (χ0n) is 7.44. The Labute approximate surface area is 82.7 Å². The second-order valence-corrected chi connectivity index (χ2v) is 2.99. The van der Waals surface area contributed by atoms with Crippen molar-refractivity contribution < 1.29 is 22.4 Å². The molecule has 82 valence electrons. The largest absolute Gasteiger partial charge is 0.450 e. The number of hydrogen-bond donors (Lipinski definition) is 1. The number of rotatable bonds is 2. The average Bonchev–Trinajstić information content (AvgIpc) is 1.99. The van der Waals surface area contributed by atoms with Crippen molar-refractivity contribution in [3.63, 3.8) is 0 Å². The van der Waals surface area contributed by atoms with E-state index < -0.39 is 24.2 Å². The predicted octanol–water partition coefficient (Wildman–Crippen LogP) is 2.08. The van der Waals surface area contributed by atoms with Crippen molar-refractivity contribution in [2.45, 2.75) is 12.6 Å². The number of benzene rings is 1. The fourth-order valence-corrected chi connectivity index (χ4v) is 1.06. The molecule has 1 aromatic carbocycles. The first kappa shape index (κ1) is 11.5. The first-order chi connectivity index (χ1) is 6.79. The molecule has 0 aliphatic heterocycles. The van der Waals surface area contributed by atoms with Crippen LogP contribution in [0.1, 0.15) is 5.56 Å². The van der Waals surface area contributed by atoms with Gasteiger partial charge in [-0.25, -0.2) is 4.39 Å². The quantitative estimate of drug-likeness (QED) is 0.613.